The maximum absolute atomic E-state index is 12.9. The summed E-state index contributed by atoms with van der Waals surface area (Å²) >= 11 is 5.90. The van der Waals surface area contributed by atoms with Crippen molar-refractivity contribution < 1.29 is 13.6 Å². The summed E-state index contributed by atoms with van der Waals surface area (Å²) in [6.45, 7) is 1.17. The first-order chi connectivity index (χ1) is 8.06. The molecule has 1 unspecified atom stereocenters. The predicted octanol–water partition coefficient (Wildman–Crippen LogP) is 2.35. The van der Waals surface area contributed by atoms with Gasteiger partial charge in [-0.3, -0.25) is 4.79 Å². The Morgan fingerprint density at radius 2 is 2.18 bits per heavy atom. The van der Waals surface area contributed by atoms with E-state index >= 15 is 0 Å². The van der Waals surface area contributed by atoms with E-state index in [2.05, 4.69) is 0 Å². The molecule has 0 aliphatic carbocycles. The van der Waals surface area contributed by atoms with E-state index in [-0.39, 0.29) is 17.7 Å². The minimum absolute atomic E-state index is 0.00361. The van der Waals surface area contributed by atoms with Gasteiger partial charge in [-0.15, -0.1) is 11.6 Å². The molecule has 0 N–H and O–H groups in total. The van der Waals surface area contributed by atoms with Gasteiger partial charge in [-0.2, -0.15) is 0 Å². The third kappa shape index (κ3) is 2.94. The average Bonchev–Trinajstić information content (AvgIpc) is 2.70. The lowest BCUT2D eigenvalue weighted by atomic mass is 10.1. The van der Waals surface area contributed by atoms with Crippen LogP contribution in [0.5, 0.6) is 0 Å². The largest absolute Gasteiger partial charge is 0.341 e. The van der Waals surface area contributed by atoms with Crippen LogP contribution in [0.1, 0.15) is 12.0 Å². The molecule has 0 saturated carbocycles. The summed E-state index contributed by atoms with van der Waals surface area (Å²) in [6, 6.07) is 3.51. The van der Waals surface area contributed by atoms with Crippen molar-refractivity contribution in [1.29, 1.82) is 0 Å². The predicted molar refractivity (Wildman–Crippen MR) is 60.9 cm³/mol. The van der Waals surface area contributed by atoms with E-state index in [1.54, 1.807) is 4.90 Å². The second kappa shape index (κ2) is 5.00. The first-order valence-corrected chi connectivity index (χ1v) is 5.85. The second-order valence-electron chi connectivity index (χ2n) is 4.15. The number of hydrogen-bond donors (Lipinski definition) is 0. The van der Waals surface area contributed by atoms with Gasteiger partial charge in [-0.1, -0.05) is 6.07 Å². The van der Waals surface area contributed by atoms with Gasteiger partial charge >= 0.3 is 0 Å². The van der Waals surface area contributed by atoms with Gasteiger partial charge in [0, 0.05) is 13.1 Å². The first kappa shape index (κ1) is 12.3. The minimum Gasteiger partial charge on any atom is -0.341 e. The lowest BCUT2D eigenvalue weighted by Crippen LogP contribution is -2.30. The summed E-state index contributed by atoms with van der Waals surface area (Å²) < 4.78 is 25.6. The molecule has 1 aliphatic heterocycles. The van der Waals surface area contributed by atoms with Gasteiger partial charge in [0.2, 0.25) is 5.91 Å². The number of halogens is 3. The van der Waals surface area contributed by atoms with Gasteiger partial charge < -0.3 is 4.90 Å². The maximum atomic E-state index is 12.9. The van der Waals surface area contributed by atoms with Crippen LogP contribution in [-0.4, -0.2) is 29.3 Å². The fourth-order valence-corrected chi connectivity index (χ4v) is 2.14. The summed E-state index contributed by atoms with van der Waals surface area (Å²) in [5.41, 5.74) is 0.479. The number of likely N-dealkylation sites (tertiary alicyclic amines) is 1. The van der Waals surface area contributed by atoms with Crippen LogP contribution >= 0.6 is 11.6 Å². The smallest absolute Gasteiger partial charge is 0.227 e. The SMILES string of the molecule is O=C(Cc1ccc(F)c(F)c1)N1CCC(Cl)C1. The first-order valence-electron chi connectivity index (χ1n) is 5.42. The Hall–Kier alpha value is -1.16. The zero-order valence-electron chi connectivity index (χ0n) is 9.13. The maximum Gasteiger partial charge on any atom is 0.227 e. The number of rotatable bonds is 2. The van der Waals surface area contributed by atoms with E-state index < -0.39 is 11.6 Å². The highest BCUT2D eigenvalue weighted by Crippen LogP contribution is 2.16. The minimum atomic E-state index is -0.924. The Bertz CT molecular complexity index is 439. The number of hydrogen-bond acceptors (Lipinski definition) is 1. The zero-order chi connectivity index (χ0) is 12.4. The van der Waals surface area contributed by atoms with Crippen molar-refractivity contribution in [3.8, 4) is 0 Å². The third-order valence-corrected chi connectivity index (χ3v) is 3.18. The fourth-order valence-electron chi connectivity index (χ4n) is 1.88. The van der Waals surface area contributed by atoms with E-state index in [1.807, 2.05) is 0 Å². The van der Waals surface area contributed by atoms with Crippen molar-refractivity contribution in [2.75, 3.05) is 13.1 Å². The van der Waals surface area contributed by atoms with E-state index in [4.69, 9.17) is 11.6 Å². The summed E-state index contributed by atoms with van der Waals surface area (Å²) in [4.78, 5) is 13.5. The molecule has 17 heavy (non-hydrogen) atoms. The molecule has 0 aromatic heterocycles. The van der Waals surface area contributed by atoms with Crippen LogP contribution in [0.25, 0.3) is 0 Å². The summed E-state index contributed by atoms with van der Waals surface area (Å²) in [7, 11) is 0. The molecular weight excluding hydrogens is 248 g/mol. The zero-order valence-corrected chi connectivity index (χ0v) is 9.88. The van der Waals surface area contributed by atoms with Gasteiger partial charge in [0.25, 0.3) is 0 Å². The van der Waals surface area contributed by atoms with E-state index in [1.165, 1.54) is 6.07 Å². The van der Waals surface area contributed by atoms with Crippen LogP contribution in [0.15, 0.2) is 18.2 Å². The third-order valence-electron chi connectivity index (χ3n) is 2.82. The topological polar surface area (TPSA) is 20.3 Å². The van der Waals surface area contributed by atoms with Crippen LogP contribution in [0.2, 0.25) is 0 Å². The lowest BCUT2D eigenvalue weighted by molar-refractivity contribution is -0.129. The lowest BCUT2D eigenvalue weighted by Gasteiger charge is -2.15. The average molecular weight is 260 g/mol. The van der Waals surface area contributed by atoms with Crippen LogP contribution in [0.4, 0.5) is 8.78 Å². The van der Waals surface area contributed by atoms with Gasteiger partial charge in [0.05, 0.1) is 11.8 Å². The molecule has 1 aromatic rings. The fraction of sp³-hybridized carbons (Fsp3) is 0.417. The van der Waals surface area contributed by atoms with E-state index in [0.29, 0.717) is 18.7 Å². The van der Waals surface area contributed by atoms with Gasteiger partial charge in [0.15, 0.2) is 11.6 Å². The molecule has 1 aliphatic rings. The molecule has 2 nitrogen and oxygen atoms in total. The molecule has 1 saturated heterocycles. The normalized spacial score (nSPS) is 19.7. The number of alkyl halides is 1. The Labute approximate surface area is 103 Å². The number of carbonyl (C=O) groups excluding carboxylic acids is 1. The Morgan fingerprint density at radius 1 is 1.41 bits per heavy atom. The van der Waals surface area contributed by atoms with Crippen LogP contribution < -0.4 is 0 Å². The molecule has 1 aromatic carbocycles. The molecule has 1 heterocycles. The molecule has 0 radical (unpaired) electrons. The van der Waals surface area contributed by atoms with Crippen molar-refractivity contribution >= 4 is 17.5 Å². The molecule has 1 amide bonds. The van der Waals surface area contributed by atoms with E-state index in [9.17, 15) is 13.6 Å². The van der Waals surface area contributed by atoms with Crippen molar-refractivity contribution in [3.63, 3.8) is 0 Å². The summed E-state index contributed by atoms with van der Waals surface area (Å²) in [5, 5.41) is 0.00361. The monoisotopic (exact) mass is 259 g/mol. The molecule has 2 rings (SSSR count). The van der Waals surface area contributed by atoms with Crippen LogP contribution in [-0.2, 0) is 11.2 Å². The van der Waals surface area contributed by atoms with Gasteiger partial charge in [0.1, 0.15) is 0 Å². The summed E-state index contributed by atoms with van der Waals surface area (Å²) in [6.07, 6.45) is 0.867. The van der Waals surface area contributed by atoms with E-state index in [0.717, 1.165) is 18.6 Å². The van der Waals surface area contributed by atoms with Crippen molar-refractivity contribution in [3.05, 3.63) is 35.4 Å². The number of benzene rings is 1. The molecule has 5 heteroatoms. The number of carbonyl (C=O) groups is 1. The summed E-state index contributed by atoms with van der Waals surface area (Å²) in [5.74, 6) is -1.92. The van der Waals surface area contributed by atoms with Crippen molar-refractivity contribution in [1.82, 2.24) is 4.90 Å². The molecule has 1 atom stereocenters. The molecular formula is C12H12ClF2NO. The highest BCUT2D eigenvalue weighted by molar-refractivity contribution is 6.21. The highest BCUT2D eigenvalue weighted by Gasteiger charge is 2.24. The molecule has 92 valence electrons. The number of amides is 1. The highest BCUT2D eigenvalue weighted by atomic mass is 35.5. The molecule has 0 bridgehead atoms. The van der Waals surface area contributed by atoms with Crippen LogP contribution in [0, 0.1) is 11.6 Å². The van der Waals surface area contributed by atoms with Crippen molar-refractivity contribution in [2.24, 2.45) is 0 Å². The van der Waals surface area contributed by atoms with Crippen molar-refractivity contribution in [2.45, 2.75) is 18.2 Å². The Balaban J connectivity index is 2.00. The Kier molecular flexibility index (Phi) is 3.62. The van der Waals surface area contributed by atoms with Gasteiger partial charge in [-0.25, -0.2) is 8.78 Å². The second-order valence-corrected chi connectivity index (χ2v) is 4.77. The quantitative estimate of drug-likeness (QED) is 0.747. The Morgan fingerprint density at radius 3 is 2.76 bits per heavy atom. The van der Waals surface area contributed by atoms with Gasteiger partial charge in [-0.05, 0) is 24.1 Å². The molecule has 0 spiro atoms. The van der Waals surface area contributed by atoms with Crippen LogP contribution in [0.3, 0.4) is 0 Å². The standard InChI is InChI=1S/C12H12ClF2NO/c13-9-3-4-16(7-9)12(17)6-8-1-2-10(14)11(15)5-8/h1-2,5,9H,3-4,6-7H2. The molecule has 1 fully saturated rings. The number of nitrogens with zero attached hydrogens (tertiary/aromatic N) is 1.